The molecule has 1 saturated heterocycles. The summed E-state index contributed by atoms with van der Waals surface area (Å²) in [6.45, 7) is -0.820. The van der Waals surface area contributed by atoms with Gasteiger partial charge in [0.25, 0.3) is 0 Å². The molecule has 0 amide bonds. The van der Waals surface area contributed by atoms with Crippen LogP contribution in [-0.4, -0.2) is 94.2 Å². The Balaban J connectivity index is 1.53. The summed E-state index contributed by atoms with van der Waals surface area (Å²) in [5.74, 6) is -6.56. The summed E-state index contributed by atoms with van der Waals surface area (Å²) in [6.07, 6.45) is -10.4. The molecular weight excluding hydrogens is 688 g/mol. The van der Waals surface area contributed by atoms with Crippen molar-refractivity contribution in [3.63, 3.8) is 0 Å². The van der Waals surface area contributed by atoms with E-state index < -0.39 is 112 Å². The summed E-state index contributed by atoms with van der Waals surface area (Å²) in [7, 11) is 0. The number of phenols is 6. The number of rotatable bonds is 6. The molecule has 16 nitrogen and oxygen atoms in total. The van der Waals surface area contributed by atoms with Crippen LogP contribution in [0.15, 0.2) is 75.9 Å². The Hall–Kier alpha value is -6.04. The van der Waals surface area contributed by atoms with Crippen LogP contribution >= 0.6 is 0 Å². The van der Waals surface area contributed by atoms with Gasteiger partial charge in [0.1, 0.15) is 87.3 Å². The highest BCUT2D eigenvalue weighted by atomic mass is 16.7. The number of ether oxygens (including phenoxy) is 3. The number of phenolic OH excluding ortho intramolecular Hbond substituents is 6. The van der Waals surface area contributed by atoms with Crippen LogP contribution in [0.25, 0.3) is 22.3 Å². The molecule has 0 saturated carbocycles. The van der Waals surface area contributed by atoms with Gasteiger partial charge in [0.2, 0.25) is 6.29 Å². The van der Waals surface area contributed by atoms with Crippen LogP contribution in [0, 0.1) is 0 Å². The summed E-state index contributed by atoms with van der Waals surface area (Å²) < 4.78 is 24.0. The average Bonchev–Trinajstić information content (AvgIpc) is 3.10. The first-order chi connectivity index (χ1) is 24.8. The summed E-state index contributed by atoms with van der Waals surface area (Å²) >= 11 is 0. The number of hydrogen-bond acceptors (Lipinski definition) is 16. The third-order valence-electron chi connectivity index (χ3n) is 9.02. The molecule has 16 heteroatoms. The van der Waals surface area contributed by atoms with E-state index in [1.807, 2.05) is 0 Å². The SMILES string of the molecule is O=C1c2c(O)cc(O)cc2O[C@@H](c2ccc(O)cc2)[C@H]1c1c(O[C@@H]2O[C@@H](CO)[C@H](O)[C@H](O)[C@H]2O)cc(O)c2c(=O)cc(-c3ccc(O)c(O)c3)oc12. The number of carbonyl (C=O) groups excluding carboxylic acids is 1. The Labute approximate surface area is 291 Å². The normalized spacial score (nSPS) is 24.3. The molecule has 0 bridgehead atoms. The van der Waals surface area contributed by atoms with Gasteiger partial charge in [0, 0.05) is 29.8 Å². The van der Waals surface area contributed by atoms with E-state index in [9.17, 15) is 60.7 Å². The molecule has 7 rings (SSSR count). The molecule has 2 aliphatic heterocycles. The topological polar surface area (TPSA) is 277 Å². The maximum absolute atomic E-state index is 14.7. The number of Topliss-reactive ketones (excluding diaryl/α,β-unsaturated/α-hetero) is 1. The molecule has 0 aliphatic carbocycles. The van der Waals surface area contributed by atoms with E-state index in [4.69, 9.17) is 18.6 Å². The van der Waals surface area contributed by atoms with Crippen molar-refractivity contribution in [3.05, 3.63) is 93.6 Å². The van der Waals surface area contributed by atoms with Crippen molar-refractivity contribution in [2.45, 2.75) is 42.7 Å². The molecule has 3 heterocycles. The van der Waals surface area contributed by atoms with Gasteiger partial charge in [-0.05, 0) is 35.9 Å². The first-order valence-electron chi connectivity index (χ1n) is 15.7. The second-order valence-corrected chi connectivity index (χ2v) is 12.3. The molecular formula is C36H30O16. The Morgan fingerprint density at radius 2 is 1.44 bits per heavy atom. The molecule has 1 fully saturated rings. The van der Waals surface area contributed by atoms with Gasteiger partial charge >= 0.3 is 0 Å². The summed E-state index contributed by atoms with van der Waals surface area (Å²) in [5, 5.41) is 103. The van der Waals surface area contributed by atoms with Gasteiger partial charge in [-0.1, -0.05) is 12.1 Å². The average molecular weight is 719 g/mol. The Morgan fingerprint density at radius 3 is 2.13 bits per heavy atom. The van der Waals surface area contributed by atoms with Crippen LogP contribution in [0.4, 0.5) is 0 Å². The fraction of sp³-hybridized carbons (Fsp3) is 0.222. The molecule has 2 aliphatic rings. The first kappa shape index (κ1) is 34.4. The molecule has 1 aromatic heterocycles. The lowest BCUT2D eigenvalue weighted by atomic mass is 9.79. The number of fused-ring (bicyclic) bond motifs is 2. The van der Waals surface area contributed by atoms with E-state index in [0.717, 1.165) is 36.4 Å². The van der Waals surface area contributed by atoms with Crippen LogP contribution in [0.2, 0.25) is 0 Å². The van der Waals surface area contributed by atoms with Crippen molar-refractivity contribution in [2.75, 3.05) is 6.61 Å². The van der Waals surface area contributed by atoms with Crippen LogP contribution in [0.3, 0.4) is 0 Å². The molecule has 0 unspecified atom stereocenters. The molecule has 7 atom stereocenters. The maximum Gasteiger partial charge on any atom is 0.229 e. The predicted molar refractivity (Wildman–Crippen MR) is 176 cm³/mol. The van der Waals surface area contributed by atoms with E-state index in [1.165, 1.54) is 30.3 Å². The fourth-order valence-corrected chi connectivity index (χ4v) is 6.44. The number of aliphatic hydroxyl groups excluding tert-OH is 4. The molecule has 0 radical (unpaired) electrons. The molecule has 0 spiro atoms. The molecule has 5 aromatic rings. The van der Waals surface area contributed by atoms with Gasteiger partial charge in [-0.2, -0.15) is 0 Å². The highest BCUT2D eigenvalue weighted by Gasteiger charge is 2.48. The maximum atomic E-state index is 14.7. The highest BCUT2D eigenvalue weighted by Crippen LogP contribution is 2.52. The summed E-state index contributed by atoms with van der Waals surface area (Å²) in [4.78, 5) is 28.4. The van der Waals surface area contributed by atoms with Gasteiger partial charge in [0.15, 0.2) is 22.7 Å². The van der Waals surface area contributed by atoms with Gasteiger partial charge < -0.3 is 69.7 Å². The minimum atomic E-state index is -1.97. The number of benzene rings is 4. The van der Waals surface area contributed by atoms with E-state index in [2.05, 4.69) is 0 Å². The Kier molecular flexibility index (Phi) is 8.56. The lowest BCUT2D eigenvalue weighted by molar-refractivity contribution is -0.277. The van der Waals surface area contributed by atoms with Crippen molar-refractivity contribution in [1.29, 1.82) is 0 Å². The summed E-state index contributed by atoms with van der Waals surface area (Å²) in [5.41, 5.74) is -1.75. The van der Waals surface area contributed by atoms with E-state index in [-0.39, 0.29) is 33.9 Å². The van der Waals surface area contributed by atoms with Crippen molar-refractivity contribution in [1.82, 2.24) is 0 Å². The van der Waals surface area contributed by atoms with Gasteiger partial charge in [-0.15, -0.1) is 0 Å². The van der Waals surface area contributed by atoms with Crippen molar-refractivity contribution >= 4 is 16.8 Å². The molecule has 10 N–H and O–H groups in total. The van der Waals surface area contributed by atoms with Gasteiger partial charge in [0.05, 0.1) is 18.1 Å². The number of aliphatic hydroxyl groups is 4. The van der Waals surface area contributed by atoms with E-state index in [0.29, 0.717) is 0 Å². The standard InChI is InChI=1S/C36H30O16/c37-12-25-30(45)32(47)33(48)36(52-25)51-24-11-21(44)26-20(43)10-22(14-3-6-17(40)18(41)7-14)49-35(26)28(24)29-31(46)27-19(42)8-16(39)9-23(27)50-34(29)13-1-4-15(38)5-2-13/h1-11,25,29-30,32-34,36-42,44-45,47-48H,12H2/t25-,29-,30-,32-,33+,34-,36+/m0/s1. The van der Waals surface area contributed by atoms with E-state index in [1.54, 1.807) is 0 Å². The summed E-state index contributed by atoms with van der Waals surface area (Å²) in [6, 6.07) is 12.8. The quantitative estimate of drug-likeness (QED) is 0.112. The zero-order chi connectivity index (χ0) is 37.2. The van der Waals surface area contributed by atoms with Crippen LogP contribution in [0.5, 0.6) is 46.0 Å². The van der Waals surface area contributed by atoms with Gasteiger partial charge in [-0.25, -0.2) is 0 Å². The second kappa shape index (κ2) is 12.9. The predicted octanol–water partition coefficient (Wildman–Crippen LogP) is 1.97. The zero-order valence-electron chi connectivity index (χ0n) is 26.5. The third kappa shape index (κ3) is 5.73. The third-order valence-corrected chi connectivity index (χ3v) is 9.02. The lowest BCUT2D eigenvalue weighted by Gasteiger charge is -2.40. The Bertz CT molecular complexity index is 2260. The van der Waals surface area contributed by atoms with Crippen LogP contribution in [-0.2, 0) is 4.74 Å². The van der Waals surface area contributed by atoms with Crippen LogP contribution < -0.4 is 14.9 Å². The number of ketones is 1. The van der Waals surface area contributed by atoms with Crippen molar-refractivity contribution in [3.8, 4) is 57.3 Å². The van der Waals surface area contributed by atoms with E-state index >= 15 is 0 Å². The zero-order valence-corrected chi connectivity index (χ0v) is 26.5. The smallest absolute Gasteiger partial charge is 0.229 e. The lowest BCUT2D eigenvalue weighted by Crippen LogP contribution is -2.60. The second-order valence-electron chi connectivity index (χ2n) is 12.3. The van der Waals surface area contributed by atoms with Crippen molar-refractivity contribution < 1.29 is 74.5 Å². The monoisotopic (exact) mass is 718 g/mol. The minimum Gasteiger partial charge on any atom is -0.508 e. The number of aromatic hydroxyl groups is 6. The van der Waals surface area contributed by atoms with Gasteiger partial charge in [-0.3, -0.25) is 9.59 Å². The highest BCUT2D eigenvalue weighted by molar-refractivity contribution is 6.09. The molecule has 4 aromatic carbocycles. The largest absolute Gasteiger partial charge is 0.508 e. The Morgan fingerprint density at radius 1 is 0.712 bits per heavy atom. The fourth-order valence-electron chi connectivity index (χ4n) is 6.44. The minimum absolute atomic E-state index is 0.0692. The molecule has 52 heavy (non-hydrogen) atoms. The number of hydrogen-bond donors (Lipinski definition) is 10. The first-order valence-corrected chi connectivity index (χ1v) is 15.7. The molecule has 270 valence electrons. The van der Waals surface area contributed by atoms with Crippen LogP contribution in [0.1, 0.15) is 33.5 Å². The van der Waals surface area contributed by atoms with Crippen molar-refractivity contribution in [2.24, 2.45) is 0 Å². The number of carbonyl (C=O) groups is 1.